The molecule has 4 nitrogen and oxygen atoms in total. The van der Waals surface area contributed by atoms with Crippen molar-refractivity contribution in [1.29, 1.82) is 0 Å². The van der Waals surface area contributed by atoms with Crippen LogP contribution in [0.5, 0.6) is 0 Å². The molecule has 0 aromatic rings. The lowest BCUT2D eigenvalue weighted by molar-refractivity contribution is 0.170. The van der Waals surface area contributed by atoms with E-state index in [-0.39, 0.29) is 0 Å². The molecular formula is C12H25N3O. The average Bonchev–Trinajstić information content (AvgIpc) is 2.72. The fourth-order valence-electron chi connectivity index (χ4n) is 2.62. The van der Waals surface area contributed by atoms with Crippen LogP contribution >= 0.6 is 0 Å². The summed E-state index contributed by atoms with van der Waals surface area (Å²) in [6.45, 7) is 7.58. The number of rotatable bonds is 3. The Morgan fingerprint density at radius 3 is 2.94 bits per heavy atom. The third-order valence-corrected chi connectivity index (χ3v) is 3.85. The van der Waals surface area contributed by atoms with Crippen LogP contribution in [0.3, 0.4) is 0 Å². The Balaban J connectivity index is 1.74. The van der Waals surface area contributed by atoms with Crippen LogP contribution in [0.2, 0.25) is 0 Å². The molecule has 0 spiro atoms. The van der Waals surface area contributed by atoms with Crippen molar-refractivity contribution in [2.75, 3.05) is 53.0 Å². The number of hydrogen-bond acceptors (Lipinski definition) is 4. The summed E-state index contributed by atoms with van der Waals surface area (Å²) < 4.78 is 5.40. The minimum Gasteiger partial charge on any atom is -0.381 e. The third kappa shape index (κ3) is 3.42. The molecule has 2 heterocycles. The van der Waals surface area contributed by atoms with E-state index in [2.05, 4.69) is 16.8 Å². The molecular weight excluding hydrogens is 202 g/mol. The van der Waals surface area contributed by atoms with Crippen LogP contribution < -0.4 is 5.73 Å². The van der Waals surface area contributed by atoms with E-state index in [0.29, 0.717) is 12.0 Å². The van der Waals surface area contributed by atoms with E-state index in [4.69, 9.17) is 10.5 Å². The van der Waals surface area contributed by atoms with Gasteiger partial charge in [-0.05, 0) is 33.0 Å². The van der Waals surface area contributed by atoms with Crippen molar-refractivity contribution in [3.8, 4) is 0 Å². The average molecular weight is 227 g/mol. The smallest absolute Gasteiger partial charge is 0.0510 e. The number of likely N-dealkylation sites (N-methyl/N-ethyl adjacent to an activating group) is 1. The number of nitrogens with two attached hydrogens (primary N) is 1. The fourth-order valence-corrected chi connectivity index (χ4v) is 2.62. The van der Waals surface area contributed by atoms with Crippen molar-refractivity contribution >= 4 is 0 Å². The second-order valence-electron chi connectivity index (χ2n) is 5.24. The Morgan fingerprint density at radius 2 is 2.19 bits per heavy atom. The van der Waals surface area contributed by atoms with Crippen LogP contribution in [0, 0.1) is 5.92 Å². The Morgan fingerprint density at radius 1 is 1.31 bits per heavy atom. The molecule has 4 heteroatoms. The van der Waals surface area contributed by atoms with Gasteiger partial charge in [-0.1, -0.05) is 0 Å². The summed E-state index contributed by atoms with van der Waals surface area (Å²) in [6.07, 6.45) is 2.42. The lowest BCUT2D eigenvalue weighted by atomic mass is 9.99. The van der Waals surface area contributed by atoms with E-state index in [0.717, 1.165) is 32.7 Å². The van der Waals surface area contributed by atoms with Crippen LogP contribution in [-0.4, -0.2) is 68.8 Å². The highest BCUT2D eigenvalue weighted by Gasteiger charge is 2.25. The van der Waals surface area contributed by atoms with Crippen molar-refractivity contribution in [3.63, 3.8) is 0 Å². The quantitative estimate of drug-likeness (QED) is 0.736. The third-order valence-electron chi connectivity index (χ3n) is 3.85. The van der Waals surface area contributed by atoms with E-state index in [1.807, 2.05) is 0 Å². The van der Waals surface area contributed by atoms with Crippen molar-refractivity contribution in [3.05, 3.63) is 0 Å². The van der Waals surface area contributed by atoms with Crippen LogP contribution in [0.15, 0.2) is 0 Å². The predicted molar refractivity (Wildman–Crippen MR) is 65.5 cm³/mol. The molecule has 0 radical (unpaired) electrons. The monoisotopic (exact) mass is 227 g/mol. The zero-order chi connectivity index (χ0) is 11.4. The van der Waals surface area contributed by atoms with E-state index in [9.17, 15) is 0 Å². The van der Waals surface area contributed by atoms with Gasteiger partial charge in [0.05, 0.1) is 6.61 Å². The molecule has 2 aliphatic rings. The van der Waals surface area contributed by atoms with Crippen LogP contribution in [0.4, 0.5) is 0 Å². The van der Waals surface area contributed by atoms with Crippen LogP contribution in [-0.2, 0) is 4.74 Å². The fraction of sp³-hybridized carbons (Fsp3) is 1.00. The molecule has 2 aliphatic heterocycles. The number of hydrogen-bond donors (Lipinski definition) is 1. The van der Waals surface area contributed by atoms with Gasteiger partial charge < -0.3 is 20.3 Å². The van der Waals surface area contributed by atoms with Crippen molar-refractivity contribution in [2.24, 2.45) is 11.7 Å². The zero-order valence-corrected chi connectivity index (χ0v) is 10.4. The van der Waals surface area contributed by atoms with Crippen molar-refractivity contribution < 1.29 is 4.74 Å². The van der Waals surface area contributed by atoms with Gasteiger partial charge in [0.2, 0.25) is 0 Å². The standard InChI is InChI=1S/C12H25N3O/c1-14-4-2-5-15(7-6-14)9-12(13)11-3-8-16-10-11/h11-12H,2-10,13H2,1H3. The second kappa shape index (κ2) is 5.96. The molecule has 0 aromatic carbocycles. The molecule has 2 unspecified atom stereocenters. The molecule has 0 bridgehead atoms. The number of nitrogens with zero attached hydrogens (tertiary/aromatic N) is 2. The Labute approximate surface area is 98.7 Å². The molecule has 0 amide bonds. The molecule has 0 aromatic heterocycles. The predicted octanol–water partition coefficient (Wildman–Crippen LogP) is -0.0123. The molecule has 2 rings (SSSR count). The molecule has 0 saturated carbocycles. The first-order valence-electron chi connectivity index (χ1n) is 6.50. The highest BCUT2D eigenvalue weighted by molar-refractivity contribution is 4.80. The lowest BCUT2D eigenvalue weighted by Crippen LogP contribution is -2.43. The van der Waals surface area contributed by atoms with E-state index in [1.165, 1.54) is 26.1 Å². The van der Waals surface area contributed by atoms with Gasteiger partial charge in [0, 0.05) is 38.2 Å². The maximum atomic E-state index is 6.26. The van der Waals surface area contributed by atoms with Gasteiger partial charge in [-0.3, -0.25) is 0 Å². The molecule has 2 atom stereocenters. The lowest BCUT2D eigenvalue weighted by Gasteiger charge is -2.26. The topological polar surface area (TPSA) is 41.7 Å². The maximum Gasteiger partial charge on any atom is 0.0510 e. The Kier molecular flexibility index (Phi) is 4.58. The van der Waals surface area contributed by atoms with E-state index >= 15 is 0 Å². The first kappa shape index (κ1) is 12.3. The van der Waals surface area contributed by atoms with Gasteiger partial charge in [0.15, 0.2) is 0 Å². The van der Waals surface area contributed by atoms with Gasteiger partial charge >= 0.3 is 0 Å². The summed E-state index contributed by atoms with van der Waals surface area (Å²) in [6, 6.07) is 0.297. The molecule has 2 N–H and O–H groups in total. The summed E-state index contributed by atoms with van der Waals surface area (Å²) in [5.41, 5.74) is 6.26. The summed E-state index contributed by atoms with van der Waals surface area (Å²) >= 11 is 0. The molecule has 2 saturated heterocycles. The second-order valence-corrected chi connectivity index (χ2v) is 5.24. The number of ether oxygens (including phenoxy) is 1. The van der Waals surface area contributed by atoms with Crippen LogP contribution in [0.1, 0.15) is 12.8 Å². The summed E-state index contributed by atoms with van der Waals surface area (Å²) in [5.74, 6) is 0.584. The molecule has 16 heavy (non-hydrogen) atoms. The van der Waals surface area contributed by atoms with Gasteiger partial charge in [0.25, 0.3) is 0 Å². The van der Waals surface area contributed by atoms with Crippen LogP contribution in [0.25, 0.3) is 0 Å². The van der Waals surface area contributed by atoms with Gasteiger partial charge in [0.1, 0.15) is 0 Å². The normalized spacial score (nSPS) is 31.5. The van der Waals surface area contributed by atoms with Crippen molar-refractivity contribution in [1.82, 2.24) is 9.80 Å². The minimum absolute atomic E-state index is 0.297. The van der Waals surface area contributed by atoms with Gasteiger partial charge in [-0.25, -0.2) is 0 Å². The SMILES string of the molecule is CN1CCCN(CC(N)C2CCOC2)CC1. The van der Waals surface area contributed by atoms with Gasteiger partial charge in [-0.15, -0.1) is 0 Å². The molecule has 2 fully saturated rings. The maximum absolute atomic E-state index is 6.26. The van der Waals surface area contributed by atoms with Crippen molar-refractivity contribution in [2.45, 2.75) is 18.9 Å². The van der Waals surface area contributed by atoms with Gasteiger partial charge in [-0.2, -0.15) is 0 Å². The summed E-state index contributed by atoms with van der Waals surface area (Å²) in [4.78, 5) is 4.93. The Bertz CT molecular complexity index is 206. The molecule has 0 aliphatic carbocycles. The largest absolute Gasteiger partial charge is 0.381 e. The summed E-state index contributed by atoms with van der Waals surface area (Å²) in [5, 5.41) is 0. The van der Waals surface area contributed by atoms with E-state index in [1.54, 1.807) is 0 Å². The minimum atomic E-state index is 0.297. The highest BCUT2D eigenvalue weighted by atomic mass is 16.5. The first-order chi connectivity index (χ1) is 7.75. The molecule has 94 valence electrons. The zero-order valence-electron chi connectivity index (χ0n) is 10.4. The Hall–Kier alpha value is -0.160. The summed E-state index contributed by atoms with van der Waals surface area (Å²) in [7, 11) is 2.20. The first-order valence-corrected chi connectivity index (χ1v) is 6.50. The van der Waals surface area contributed by atoms with E-state index < -0.39 is 0 Å². The highest BCUT2D eigenvalue weighted by Crippen LogP contribution is 2.16.